The predicted molar refractivity (Wildman–Crippen MR) is 137 cm³/mol. The fraction of sp³-hybridized carbons (Fsp3) is 0.464. The van der Waals surface area contributed by atoms with Gasteiger partial charge in [0.2, 0.25) is 5.89 Å². The van der Waals surface area contributed by atoms with Crippen molar-refractivity contribution in [1.82, 2.24) is 20.0 Å². The van der Waals surface area contributed by atoms with E-state index in [4.69, 9.17) is 9.51 Å². The number of aliphatic carboxylic acids is 1. The molecular formula is C28H33N5O4. The first-order chi connectivity index (χ1) is 18.0. The van der Waals surface area contributed by atoms with Crippen molar-refractivity contribution in [1.29, 1.82) is 0 Å². The predicted octanol–water partition coefficient (Wildman–Crippen LogP) is 3.94. The maximum absolute atomic E-state index is 12.8. The molecule has 0 unspecified atom stereocenters. The van der Waals surface area contributed by atoms with E-state index in [9.17, 15) is 14.7 Å². The molecule has 2 N–H and O–H groups in total. The summed E-state index contributed by atoms with van der Waals surface area (Å²) < 4.78 is 5.53. The Morgan fingerprint density at radius 1 is 1.05 bits per heavy atom. The van der Waals surface area contributed by atoms with Gasteiger partial charge >= 0.3 is 5.97 Å². The van der Waals surface area contributed by atoms with Gasteiger partial charge in [0.15, 0.2) is 5.82 Å². The lowest BCUT2D eigenvalue weighted by molar-refractivity contribution is -0.140. The molecule has 0 saturated carbocycles. The van der Waals surface area contributed by atoms with Crippen LogP contribution in [0, 0.1) is 5.41 Å². The van der Waals surface area contributed by atoms with Gasteiger partial charge in [0, 0.05) is 43.7 Å². The summed E-state index contributed by atoms with van der Waals surface area (Å²) >= 11 is 0. The van der Waals surface area contributed by atoms with Gasteiger partial charge in [-0.2, -0.15) is 4.98 Å². The molecule has 1 saturated heterocycles. The lowest BCUT2D eigenvalue weighted by Crippen LogP contribution is -2.45. The molecule has 4 heterocycles. The average molecular weight is 504 g/mol. The van der Waals surface area contributed by atoms with Gasteiger partial charge in [-0.15, -0.1) is 0 Å². The van der Waals surface area contributed by atoms with Crippen molar-refractivity contribution in [2.24, 2.45) is 5.41 Å². The maximum atomic E-state index is 12.8. The molecule has 2 aromatic heterocycles. The zero-order chi connectivity index (χ0) is 25.7. The Labute approximate surface area is 216 Å². The summed E-state index contributed by atoms with van der Waals surface area (Å²) in [6, 6.07) is 13.4. The Kier molecular flexibility index (Phi) is 7.48. The van der Waals surface area contributed by atoms with Crippen LogP contribution in [-0.2, 0) is 30.5 Å². The highest BCUT2D eigenvalue weighted by molar-refractivity contribution is 5.94. The van der Waals surface area contributed by atoms with Gasteiger partial charge in [-0.3, -0.25) is 9.59 Å². The Bertz CT molecular complexity index is 1230. The van der Waals surface area contributed by atoms with E-state index in [-0.39, 0.29) is 12.3 Å². The number of carboxylic acids is 1. The quantitative estimate of drug-likeness (QED) is 0.450. The van der Waals surface area contributed by atoms with Gasteiger partial charge < -0.3 is 19.8 Å². The number of hydrogen-bond acceptors (Lipinski definition) is 7. The monoisotopic (exact) mass is 503 g/mol. The number of pyridine rings is 1. The molecule has 2 aliphatic heterocycles. The lowest BCUT2D eigenvalue weighted by atomic mass is 9.73. The Balaban J connectivity index is 1.16. The smallest absolute Gasteiger partial charge is 0.303 e. The SMILES string of the molecule is O=C(O)CC1(Cc2nc(CCCc3ccc4c(n3)NCCC4)no2)CCN(C(=O)c2ccccc2)CC1. The minimum Gasteiger partial charge on any atom is -0.481 e. The minimum absolute atomic E-state index is 0.0100. The first-order valence-corrected chi connectivity index (χ1v) is 13.1. The van der Waals surface area contributed by atoms with E-state index in [1.807, 2.05) is 18.2 Å². The van der Waals surface area contributed by atoms with Crippen LogP contribution >= 0.6 is 0 Å². The highest BCUT2D eigenvalue weighted by atomic mass is 16.5. The number of aromatic nitrogens is 3. The number of amides is 1. The first-order valence-electron chi connectivity index (χ1n) is 13.1. The second-order valence-corrected chi connectivity index (χ2v) is 10.2. The van der Waals surface area contributed by atoms with Crippen LogP contribution in [0.1, 0.15) is 65.4 Å². The number of aryl methyl sites for hydroxylation is 3. The summed E-state index contributed by atoms with van der Waals surface area (Å²) in [6.45, 7) is 1.98. The summed E-state index contributed by atoms with van der Waals surface area (Å²) in [4.78, 5) is 35.7. The molecule has 1 fully saturated rings. The maximum Gasteiger partial charge on any atom is 0.303 e. The third-order valence-corrected chi connectivity index (χ3v) is 7.48. The van der Waals surface area contributed by atoms with Crippen molar-refractivity contribution < 1.29 is 19.2 Å². The zero-order valence-electron chi connectivity index (χ0n) is 21.0. The van der Waals surface area contributed by atoms with E-state index in [1.165, 1.54) is 5.56 Å². The van der Waals surface area contributed by atoms with Gasteiger partial charge in [-0.05, 0) is 67.7 Å². The van der Waals surface area contributed by atoms with Gasteiger partial charge in [-0.25, -0.2) is 4.98 Å². The number of likely N-dealkylation sites (tertiary alicyclic amines) is 1. The topological polar surface area (TPSA) is 121 Å². The fourth-order valence-corrected chi connectivity index (χ4v) is 5.40. The van der Waals surface area contributed by atoms with E-state index < -0.39 is 11.4 Å². The number of nitrogens with one attached hydrogen (secondary N) is 1. The number of carboxylic acid groups (broad SMARTS) is 1. The third kappa shape index (κ3) is 6.15. The average Bonchev–Trinajstić information content (AvgIpc) is 3.35. The van der Waals surface area contributed by atoms with Gasteiger partial charge in [0.1, 0.15) is 5.82 Å². The molecule has 0 bridgehead atoms. The number of hydrogen-bond donors (Lipinski definition) is 2. The number of rotatable bonds is 9. The Morgan fingerprint density at radius 2 is 1.86 bits per heavy atom. The molecule has 1 aromatic carbocycles. The summed E-state index contributed by atoms with van der Waals surface area (Å²) in [5.41, 5.74) is 2.47. The van der Waals surface area contributed by atoms with Crippen molar-refractivity contribution >= 4 is 17.7 Å². The summed E-state index contributed by atoms with van der Waals surface area (Å²) in [6.07, 6.45) is 6.13. The normalized spacial score (nSPS) is 16.6. The summed E-state index contributed by atoms with van der Waals surface area (Å²) in [7, 11) is 0. The van der Waals surface area contributed by atoms with Crippen molar-refractivity contribution in [2.75, 3.05) is 25.0 Å². The van der Waals surface area contributed by atoms with Crippen LogP contribution in [-0.4, -0.2) is 56.6 Å². The second kappa shape index (κ2) is 11.1. The number of benzene rings is 1. The summed E-state index contributed by atoms with van der Waals surface area (Å²) in [5, 5.41) is 17.1. The minimum atomic E-state index is -0.852. The Morgan fingerprint density at radius 3 is 2.65 bits per heavy atom. The molecule has 0 radical (unpaired) electrons. The molecule has 2 aliphatic rings. The lowest BCUT2D eigenvalue weighted by Gasteiger charge is -2.40. The van der Waals surface area contributed by atoms with Crippen LogP contribution in [0.2, 0.25) is 0 Å². The van der Waals surface area contributed by atoms with Crippen molar-refractivity contribution in [2.45, 2.75) is 57.8 Å². The number of carbonyl (C=O) groups excluding carboxylic acids is 1. The third-order valence-electron chi connectivity index (χ3n) is 7.48. The molecule has 0 spiro atoms. The van der Waals surface area contributed by atoms with E-state index in [0.717, 1.165) is 43.7 Å². The van der Waals surface area contributed by atoms with Crippen molar-refractivity contribution in [3.8, 4) is 0 Å². The zero-order valence-corrected chi connectivity index (χ0v) is 21.0. The second-order valence-electron chi connectivity index (χ2n) is 10.2. The van der Waals surface area contributed by atoms with E-state index in [1.54, 1.807) is 17.0 Å². The molecule has 194 valence electrons. The van der Waals surface area contributed by atoms with Crippen molar-refractivity contribution in [3.05, 3.63) is 71.0 Å². The standard InChI is InChI=1S/C28H33N5O4/c34-25(35)19-28(13-16-33(17-14-28)27(36)21-6-2-1-3-7-21)18-24-31-23(32-37-24)10-4-9-22-12-11-20-8-5-15-29-26(20)30-22/h1-3,6-7,11-12H,4-5,8-10,13-19H2,(H,29,30)(H,34,35). The van der Waals surface area contributed by atoms with Crippen LogP contribution in [0.25, 0.3) is 0 Å². The fourth-order valence-electron chi connectivity index (χ4n) is 5.40. The number of carbonyl (C=O) groups is 2. The van der Waals surface area contributed by atoms with Crippen LogP contribution in [0.4, 0.5) is 5.82 Å². The molecule has 5 rings (SSSR count). The van der Waals surface area contributed by atoms with Gasteiger partial charge in [-0.1, -0.05) is 29.4 Å². The molecule has 37 heavy (non-hydrogen) atoms. The van der Waals surface area contributed by atoms with Crippen LogP contribution < -0.4 is 5.32 Å². The van der Waals surface area contributed by atoms with E-state index >= 15 is 0 Å². The molecule has 3 aromatic rings. The van der Waals surface area contributed by atoms with Crippen LogP contribution in [0.3, 0.4) is 0 Å². The summed E-state index contributed by atoms with van der Waals surface area (Å²) in [5.74, 6) is 1.23. The van der Waals surface area contributed by atoms with E-state index in [0.29, 0.717) is 56.1 Å². The van der Waals surface area contributed by atoms with E-state index in [2.05, 4.69) is 27.6 Å². The molecule has 9 heteroatoms. The van der Waals surface area contributed by atoms with Gasteiger partial charge in [0.25, 0.3) is 5.91 Å². The first kappa shape index (κ1) is 24.9. The highest BCUT2D eigenvalue weighted by Crippen LogP contribution is 2.38. The van der Waals surface area contributed by atoms with Gasteiger partial charge in [0.05, 0.1) is 6.42 Å². The largest absolute Gasteiger partial charge is 0.481 e. The number of piperidine rings is 1. The molecule has 0 atom stereocenters. The van der Waals surface area contributed by atoms with Crippen molar-refractivity contribution in [3.63, 3.8) is 0 Å². The highest BCUT2D eigenvalue weighted by Gasteiger charge is 2.39. The Hall–Kier alpha value is -3.75. The number of fused-ring (bicyclic) bond motifs is 1. The molecular weight excluding hydrogens is 470 g/mol. The number of nitrogens with zero attached hydrogens (tertiary/aromatic N) is 4. The number of anilines is 1. The molecule has 0 aliphatic carbocycles. The molecule has 9 nitrogen and oxygen atoms in total. The van der Waals surface area contributed by atoms with Crippen LogP contribution in [0.5, 0.6) is 0 Å². The van der Waals surface area contributed by atoms with Crippen LogP contribution in [0.15, 0.2) is 47.0 Å². The molecule has 1 amide bonds.